The average molecular weight is 361 g/mol. The Morgan fingerprint density at radius 1 is 1.28 bits per heavy atom. The van der Waals surface area contributed by atoms with E-state index in [-0.39, 0.29) is 0 Å². The summed E-state index contributed by atoms with van der Waals surface area (Å²) in [6.45, 7) is 3.25. The highest BCUT2D eigenvalue weighted by Crippen LogP contribution is 2.22. The van der Waals surface area contributed by atoms with E-state index in [0.717, 1.165) is 23.2 Å². The lowest BCUT2D eigenvalue weighted by Gasteiger charge is -2.29. The summed E-state index contributed by atoms with van der Waals surface area (Å²) in [7, 11) is 1.67. The number of methoxy groups -OCH3 is 1. The molecule has 2 aromatic rings. The van der Waals surface area contributed by atoms with E-state index in [1.165, 1.54) is 0 Å². The van der Waals surface area contributed by atoms with Gasteiger partial charge in [-0.3, -0.25) is 4.98 Å². The van der Waals surface area contributed by atoms with E-state index >= 15 is 0 Å². The molecule has 2 unspecified atom stereocenters. The standard InChI is InChI=1S/C18H23N3O3S/c1-18(12-14(8-9-19-18)24-11-5-10-23-2)13-25(22)17-20-15-6-3-4-7-16(15)21-17/h3-4,6-9,12,19H,5,10-11,13H2,1-2H3,(H,20,21). The largest absolute Gasteiger partial charge is 0.609 e. The van der Waals surface area contributed by atoms with E-state index in [0.29, 0.717) is 24.1 Å². The normalized spacial score (nSPS) is 21.0. The van der Waals surface area contributed by atoms with Crippen molar-refractivity contribution in [2.24, 2.45) is 0 Å². The van der Waals surface area contributed by atoms with Crippen LogP contribution < -0.4 is 5.32 Å². The van der Waals surface area contributed by atoms with Gasteiger partial charge in [0.15, 0.2) is 0 Å². The second kappa shape index (κ2) is 7.95. The molecule has 3 rings (SSSR count). The van der Waals surface area contributed by atoms with Crippen LogP contribution in [0.5, 0.6) is 0 Å². The maximum absolute atomic E-state index is 12.8. The van der Waals surface area contributed by atoms with Crippen molar-refractivity contribution in [3.63, 3.8) is 0 Å². The monoisotopic (exact) mass is 361 g/mol. The summed E-state index contributed by atoms with van der Waals surface area (Å²) < 4.78 is 23.5. The van der Waals surface area contributed by atoms with Crippen LogP contribution >= 0.6 is 0 Å². The molecule has 25 heavy (non-hydrogen) atoms. The molecule has 1 aromatic carbocycles. The number of ether oxygens (including phenoxy) is 2. The summed E-state index contributed by atoms with van der Waals surface area (Å²) in [6, 6.07) is 7.68. The highest BCUT2D eigenvalue weighted by Gasteiger charge is 2.32. The number of dihydropyridines is 1. The minimum absolute atomic E-state index is 0.391. The fourth-order valence-electron chi connectivity index (χ4n) is 2.66. The molecule has 6 nitrogen and oxygen atoms in total. The zero-order valence-corrected chi connectivity index (χ0v) is 15.3. The minimum atomic E-state index is -1.26. The number of nitrogens with zero attached hydrogens (tertiary/aromatic N) is 1. The Balaban J connectivity index is 1.65. The number of rotatable bonds is 8. The molecule has 0 amide bonds. The first-order valence-corrected chi connectivity index (χ1v) is 9.53. The van der Waals surface area contributed by atoms with E-state index in [1.807, 2.05) is 49.5 Å². The van der Waals surface area contributed by atoms with Crippen molar-refractivity contribution in [3.8, 4) is 0 Å². The molecule has 134 valence electrons. The van der Waals surface area contributed by atoms with E-state index < -0.39 is 16.7 Å². The molecule has 0 fully saturated rings. The number of fused-ring (bicyclic) bond motifs is 1. The van der Waals surface area contributed by atoms with Crippen molar-refractivity contribution < 1.29 is 14.0 Å². The first-order valence-electron chi connectivity index (χ1n) is 8.22. The quantitative estimate of drug-likeness (QED) is 0.558. The third-order valence-electron chi connectivity index (χ3n) is 3.90. The van der Waals surface area contributed by atoms with E-state index in [2.05, 4.69) is 15.3 Å². The number of benzene rings is 1. The summed E-state index contributed by atoms with van der Waals surface area (Å²) >= 11 is -1.26. The van der Waals surface area contributed by atoms with Gasteiger partial charge in [-0.25, -0.2) is 0 Å². The second-order valence-electron chi connectivity index (χ2n) is 6.19. The first kappa shape index (κ1) is 17.8. The van der Waals surface area contributed by atoms with Crippen molar-refractivity contribution >= 4 is 22.2 Å². The Labute approximate surface area is 150 Å². The molecule has 0 saturated carbocycles. The van der Waals surface area contributed by atoms with Gasteiger partial charge in [0, 0.05) is 37.5 Å². The Morgan fingerprint density at radius 2 is 2.12 bits per heavy atom. The van der Waals surface area contributed by atoms with Gasteiger partial charge in [-0.15, -0.1) is 0 Å². The van der Waals surface area contributed by atoms with Crippen LogP contribution in [0.3, 0.4) is 0 Å². The number of para-hydroxylation sites is 2. The van der Waals surface area contributed by atoms with E-state index in [9.17, 15) is 4.55 Å². The van der Waals surface area contributed by atoms with Gasteiger partial charge in [0.1, 0.15) is 17.1 Å². The Kier molecular flexibility index (Phi) is 5.67. The summed E-state index contributed by atoms with van der Waals surface area (Å²) in [5.41, 5.74) is 1.25. The third-order valence-corrected chi connectivity index (χ3v) is 5.38. The van der Waals surface area contributed by atoms with Crippen LogP contribution in [0.1, 0.15) is 13.3 Å². The van der Waals surface area contributed by atoms with Gasteiger partial charge in [-0.2, -0.15) is 4.98 Å². The van der Waals surface area contributed by atoms with Crippen molar-refractivity contribution in [2.75, 3.05) is 26.1 Å². The van der Waals surface area contributed by atoms with Crippen LogP contribution in [-0.4, -0.2) is 46.1 Å². The van der Waals surface area contributed by atoms with Crippen molar-refractivity contribution in [2.45, 2.75) is 24.0 Å². The fraction of sp³-hybridized carbons (Fsp3) is 0.389. The molecule has 2 heterocycles. The molecule has 0 aliphatic carbocycles. The summed E-state index contributed by atoms with van der Waals surface area (Å²) in [5, 5.41) is 3.76. The van der Waals surface area contributed by atoms with Crippen LogP contribution in [0.15, 0.2) is 53.5 Å². The Bertz CT molecular complexity index is 741. The molecule has 0 bridgehead atoms. The molecular weight excluding hydrogens is 338 g/mol. The molecule has 2 N–H and O–H groups in total. The predicted octanol–water partition coefficient (Wildman–Crippen LogP) is 2.48. The zero-order valence-electron chi connectivity index (χ0n) is 14.5. The minimum Gasteiger partial charge on any atom is -0.609 e. The van der Waals surface area contributed by atoms with Gasteiger partial charge in [0.05, 0.1) is 17.6 Å². The zero-order chi connectivity index (χ0) is 17.7. The maximum Gasteiger partial charge on any atom is 0.321 e. The van der Waals surface area contributed by atoms with Crippen LogP contribution in [0.25, 0.3) is 11.0 Å². The van der Waals surface area contributed by atoms with Crippen LogP contribution in [-0.2, 0) is 20.6 Å². The molecule has 7 heteroatoms. The molecule has 0 saturated heterocycles. The molecular formula is C18H23N3O3S. The van der Waals surface area contributed by atoms with Crippen molar-refractivity contribution in [3.05, 3.63) is 48.4 Å². The number of imidazole rings is 1. The number of hydrogen-bond acceptors (Lipinski definition) is 5. The van der Waals surface area contributed by atoms with E-state index in [1.54, 1.807) is 7.11 Å². The smallest absolute Gasteiger partial charge is 0.321 e. The van der Waals surface area contributed by atoms with Crippen molar-refractivity contribution in [1.29, 1.82) is 0 Å². The molecule has 0 radical (unpaired) electrons. The summed E-state index contributed by atoms with van der Waals surface area (Å²) in [6.07, 6.45) is 6.51. The number of hydrogen-bond donors (Lipinski definition) is 2. The van der Waals surface area contributed by atoms with E-state index in [4.69, 9.17) is 9.47 Å². The Hall–Kier alpha value is -1.96. The van der Waals surface area contributed by atoms with Crippen LogP contribution in [0, 0.1) is 0 Å². The van der Waals surface area contributed by atoms with Gasteiger partial charge < -0.3 is 19.3 Å². The highest BCUT2D eigenvalue weighted by molar-refractivity contribution is 7.91. The topological polar surface area (TPSA) is 82.2 Å². The highest BCUT2D eigenvalue weighted by atomic mass is 32.2. The second-order valence-corrected chi connectivity index (χ2v) is 7.55. The van der Waals surface area contributed by atoms with Gasteiger partial charge >= 0.3 is 5.16 Å². The lowest BCUT2D eigenvalue weighted by molar-refractivity contribution is 0.147. The molecule has 1 aromatic heterocycles. The van der Waals surface area contributed by atoms with Crippen LogP contribution in [0.4, 0.5) is 0 Å². The lowest BCUT2D eigenvalue weighted by Crippen LogP contribution is -2.45. The molecule has 1 aliphatic rings. The number of aromatic nitrogens is 2. The SMILES string of the molecule is COCCCOC1=CC(C)(C[S+]([O-])c2nc3ccccc3[nH]2)NC=C1. The molecule has 1 aliphatic heterocycles. The van der Waals surface area contributed by atoms with Crippen LogP contribution in [0.2, 0.25) is 0 Å². The lowest BCUT2D eigenvalue weighted by atomic mass is 10.0. The third kappa shape index (κ3) is 4.56. The summed E-state index contributed by atoms with van der Waals surface area (Å²) in [5.74, 6) is 1.17. The number of H-pyrrole nitrogens is 1. The molecule has 2 atom stereocenters. The predicted molar refractivity (Wildman–Crippen MR) is 98.6 cm³/mol. The van der Waals surface area contributed by atoms with Gasteiger partial charge in [-0.05, 0) is 31.2 Å². The fourth-order valence-corrected chi connectivity index (χ4v) is 3.93. The molecule has 0 spiro atoms. The summed E-state index contributed by atoms with van der Waals surface area (Å²) in [4.78, 5) is 7.57. The maximum atomic E-state index is 12.8. The Morgan fingerprint density at radius 3 is 2.92 bits per heavy atom. The van der Waals surface area contributed by atoms with Gasteiger partial charge in [0.2, 0.25) is 0 Å². The van der Waals surface area contributed by atoms with Crippen molar-refractivity contribution in [1.82, 2.24) is 15.3 Å². The van der Waals surface area contributed by atoms with Gasteiger partial charge in [0.25, 0.3) is 0 Å². The number of nitrogens with one attached hydrogen (secondary N) is 2. The number of aromatic amines is 1. The number of allylic oxidation sites excluding steroid dienone is 1. The first-order chi connectivity index (χ1) is 12.1. The average Bonchev–Trinajstić information content (AvgIpc) is 3.03. The van der Waals surface area contributed by atoms with Gasteiger partial charge in [-0.1, -0.05) is 12.1 Å².